The molecule has 2 N–H and O–H groups in total. The van der Waals surface area contributed by atoms with E-state index in [0.29, 0.717) is 10.6 Å². The van der Waals surface area contributed by atoms with Crippen molar-refractivity contribution in [2.24, 2.45) is 0 Å². The molecule has 0 unspecified atom stereocenters. The average molecular weight is 574 g/mol. The molecular formula is C24H21Cl2F4N5O3. The van der Waals surface area contributed by atoms with Crippen molar-refractivity contribution in [3.63, 3.8) is 0 Å². The molecule has 0 saturated heterocycles. The molecule has 2 aromatic carbocycles. The van der Waals surface area contributed by atoms with Crippen LogP contribution in [0.5, 0.6) is 0 Å². The Bertz CT molecular complexity index is 1510. The van der Waals surface area contributed by atoms with Crippen molar-refractivity contribution in [2.45, 2.75) is 45.3 Å². The minimum absolute atomic E-state index is 0.0315. The summed E-state index contributed by atoms with van der Waals surface area (Å²) >= 11 is 11.9. The second-order valence-corrected chi connectivity index (χ2v) is 9.45. The molecule has 4 rings (SSSR count). The zero-order valence-electron chi connectivity index (χ0n) is 19.9. The summed E-state index contributed by atoms with van der Waals surface area (Å²) < 4.78 is 56.9. The molecule has 2 heterocycles. The molecule has 0 aliphatic rings. The van der Waals surface area contributed by atoms with Crippen LogP contribution in [-0.2, 0) is 13.1 Å². The van der Waals surface area contributed by atoms with Gasteiger partial charge in [-0.3, -0.25) is 9.13 Å². The van der Waals surface area contributed by atoms with E-state index in [2.05, 4.69) is 10.1 Å². The Hall–Kier alpha value is -3.19. The lowest BCUT2D eigenvalue weighted by Gasteiger charge is -2.16. The monoisotopic (exact) mass is 573 g/mol. The van der Waals surface area contributed by atoms with E-state index in [1.54, 1.807) is 0 Å². The zero-order chi connectivity index (χ0) is 27.9. The van der Waals surface area contributed by atoms with Crippen LogP contribution in [0.3, 0.4) is 0 Å². The van der Waals surface area contributed by atoms with Gasteiger partial charge in [-0.2, -0.15) is 13.2 Å². The predicted octanol–water partition coefficient (Wildman–Crippen LogP) is 4.68. The average Bonchev–Trinajstić information content (AvgIpc) is 3.34. The lowest BCUT2D eigenvalue weighted by atomic mass is 10.1. The van der Waals surface area contributed by atoms with E-state index in [-0.39, 0.29) is 40.3 Å². The fourth-order valence-corrected chi connectivity index (χ4v) is 4.31. The molecule has 14 heteroatoms. The molecule has 0 bridgehead atoms. The summed E-state index contributed by atoms with van der Waals surface area (Å²) in [6.07, 6.45) is -8.88. The third kappa shape index (κ3) is 5.63. The number of benzene rings is 2. The molecule has 2 aromatic heterocycles. The quantitative estimate of drug-likeness (QED) is 0.313. The third-order valence-corrected chi connectivity index (χ3v) is 6.26. The maximum absolute atomic E-state index is 14.1. The number of nitrogens with zero attached hydrogens (tertiary/aromatic N) is 5. The number of rotatable bonds is 7. The molecule has 0 fully saturated rings. The van der Waals surface area contributed by atoms with Crippen molar-refractivity contribution < 1.29 is 27.8 Å². The largest absolute Gasteiger partial charge is 0.416 e. The molecule has 202 valence electrons. The van der Waals surface area contributed by atoms with Gasteiger partial charge in [-0.05, 0) is 44.2 Å². The van der Waals surface area contributed by atoms with Gasteiger partial charge in [0.15, 0.2) is 17.8 Å². The summed E-state index contributed by atoms with van der Waals surface area (Å²) in [5.41, 5.74) is 0.0731. The second-order valence-electron chi connectivity index (χ2n) is 8.58. The van der Waals surface area contributed by atoms with Crippen molar-refractivity contribution in [1.29, 1.82) is 0 Å². The predicted molar refractivity (Wildman–Crippen MR) is 132 cm³/mol. The molecule has 38 heavy (non-hydrogen) atoms. The lowest BCUT2D eigenvalue weighted by Crippen LogP contribution is -2.37. The van der Waals surface area contributed by atoms with Crippen LogP contribution < -0.4 is 5.69 Å². The van der Waals surface area contributed by atoms with Crippen LogP contribution in [0.1, 0.15) is 30.4 Å². The molecule has 0 amide bonds. The van der Waals surface area contributed by atoms with E-state index in [0.717, 1.165) is 21.3 Å². The van der Waals surface area contributed by atoms with Crippen molar-refractivity contribution >= 4 is 23.2 Å². The fraction of sp³-hybridized carbons (Fsp3) is 0.292. The van der Waals surface area contributed by atoms with Gasteiger partial charge in [-0.25, -0.2) is 18.9 Å². The Morgan fingerprint density at radius 3 is 2.26 bits per heavy atom. The number of alkyl halides is 3. The molecule has 0 aliphatic carbocycles. The summed E-state index contributed by atoms with van der Waals surface area (Å²) in [7, 11) is 0. The van der Waals surface area contributed by atoms with Gasteiger partial charge in [-0.1, -0.05) is 35.3 Å². The Kier molecular flexibility index (Phi) is 7.71. The van der Waals surface area contributed by atoms with Gasteiger partial charge >= 0.3 is 11.9 Å². The molecule has 0 radical (unpaired) electrons. The molecular weight excluding hydrogens is 553 g/mol. The van der Waals surface area contributed by atoms with Crippen LogP contribution in [0.2, 0.25) is 10.0 Å². The molecule has 2 atom stereocenters. The van der Waals surface area contributed by atoms with Crippen molar-refractivity contribution in [3.05, 3.63) is 86.2 Å². The lowest BCUT2D eigenvalue weighted by molar-refractivity contribution is -0.207. The van der Waals surface area contributed by atoms with E-state index >= 15 is 0 Å². The van der Waals surface area contributed by atoms with E-state index in [1.807, 2.05) is 0 Å². The zero-order valence-corrected chi connectivity index (χ0v) is 21.4. The fourth-order valence-electron chi connectivity index (χ4n) is 3.96. The summed E-state index contributed by atoms with van der Waals surface area (Å²) in [5.74, 6) is -0.627. The highest BCUT2D eigenvalue weighted by atomic mass is 35.5. The highest BCUT2D eigenvalue weighted by molar-refractivity contribution is 6.31. The maximum atomic E-state index is 14.1. The summed E-state index contributed by atoms with van der Waals surface area (Å²) in [4.78, 5) is 17.7. The first-order valence-electron chi connectivity index (χ1n) is 11.2. The Balaban J connectivity index is 1.89. The van der Waals surface area contributed by atoms with Gasteiger partial charge < -0.3 is 10.2 Å². The Labute approximate surface area is 223 Å². The van der Waals surface area contributed by atoms with Crippen LogP contribution >= 0.6 is 23.2 Å². The summed E-state index contributed by atoms with van der Waals surface area (Å²) in [5, 5.41) is 24.4. The maximum Gasteiger partial charge on any atom is 0.416 e. The number of aliphatic hydroxyl groups excluding tert-OH is 2. The van der Waals surface area contributed by atoms with Crippen LogP contribution in [0.4, 0.5) is 17.6 Å². The van der Waals surface area contributed by atoms with Gasteiger partial charge in [0, 0.05) is 21.3 Å². The molecule has 8 nitrogen and oxygen atoms in total. The minimum Gasteiger partial charge on any atom is -0.385 e. The summed E-state index contributed by atoms with van der Waals surface area (Å²) in [6, 6.07) is 9.70. The summed E-state index contributed by atoms with van der Waals surface area (Å²) in [6.45, 7) is 1.57. The minimum atomic E-state index is -4.96. The van der Waals surface area contributed by atoms with Crippen molar-refractivity contribution in [3.8, 4) is 16.9 Å². The molecule has 0 aliphatic heterocycles. The van der Waals surface area contributed by atoms with E-state index < -0.39 is 36.4 Å². The number of halogens is 6. The molecule has 4 aromatic rings. The van der Waals surface area contributed by atoms with Gasteiger partial charge in [0.2, 0.25) is 0 Å². The van der Waals surface area contributed by atoms with Crippen LogP contribution in [0.15, 0.2) is 47.3 Å². The van der Waals surface area contributed by atoms with Gasteiger partial charge in [-0.15, -0.1) is 5.10 Å². The van der Waals surface area contributed by atoms with Crippen molar-refractivity contribution in [1.82, 2.24) is 23.9 Å². The standard InChI is InChI=1S/C24H21Cl2F4N5O3/c1-12-21(14-3-5-15(25)6-4-14)34(10-19(37)24(28,29)30)23(38)33(12)11-20-31-22(13(2)36)32-35(20)18-8-16(26)7-17(27)9-18/h3-9,13,19,36-37H,10-11H2,1-2H3/t13-,19-/m0/s1. The number of hydrogen-bond acceptors (Lipinski definition) is 5. The highest BCUT2D eigenvalue weighted by Gasteiger charge is 2.39. The van der Waals surface area contributed by atoms with Crippen LogP contribution in [0.25, 0.3) is 16.9 Å². The molecule has 0 spiro atoms. The Morgan fingerprint density at radius 2 is 1.68 bits per heavy atom. The highest BCUT2D eigenvalue weighted by Crippen LogP contribution is 2.28. The number of aromatic nitrogens is 5. The van der Waals surface area contributed by atoms with Crippen LogP contribution in [-0.4, -0.2) is 46.4 Å². The number of imidazole rings is 1. The van der Waals surface area contributed by atoms with E-state index in [9.17, 15) is 32.6 Å². The van der Waals surface area contributed by atoms with Gasteiger partial charge in [0.1, 0.15) is 11.9 Å². The van der Waals surface area contributed by atoms with E-state index in [4.69, 9.17) is 23.2 Å². The number of aliphatic hydroxyl groups is 2. The first-order chi connectivity index (χ1) is 17.8. The van der Waals surface area contributed by atoms with E-state index in [1.165, 1.54) is 48.9 Å². The van der Waals surface area contributed by atoms with Crippen LogP contribution in [0, 0.1) is 12.7 Å². The molecule has 0 saturated carbocycles. The SMILES string of the molecule is Cc1c(-c2ccc(Cl)cc2)n(C[C@H](O)C(F)(F)F)c(=O)n1Cc1nc([C@H](C)O)nn1-c1cc(F)cc(Cl)c1. The Morgan fingerprint density at radius 1 is 1.03 bits per heavy atom. The second kappa shape index (κ2) is 10.5. The first-order valence-corrected chi connectivity index (χ1v) is 11.9. The van der Waals surface area contributed by atoms with Gasteiger partial charge in [0.25, 0.3) is 0 Å². The number of hydrogen-bond donors (Lipinski definition) is 2. The smallest absolute Gasteiger partial charge is 0.385 e. The van der Waals surface area contributed by atoms with Crippen molar-refractivity contribution in [2.75, 3.05) is 0 Å². The first kappa shape index (κ1) is 27.8. The normalized spacial score (nSPS) is 13.6. The van der Waals surface area contributed by atoms with Gasteiger partial charge in [0.05, 0.1) is 24.5 Å². The third-order valence-electron chi connectivity index (χ3n) is 5.79. The topological polar surface area (TPSA) is 98.1 Å².